The molecule has 0 bridgehead atoms. The van der Waals surface area contributed by atoms with E-state index in [1.54, 1.807) is 12.3 Å². The molecule has 1 saturated heterocycles. The summed E-state index contributed by atoms with van der Waals surface area (Å²) in [6, 6.07) is 5.77. The lowest BCUT2D eigenvalue weighted by Crippen LogP contribution is -2.41. The number of pyridine rings is 1. The summed E-state index contributed by atoms with van der Waals surface area (Å²) in [4.78, 5) is 20.9. The van der Waals surface area contributed by atoms with Crippen LogP contribution in [-0.2, 0) is 4.79 Å². The van der Waals surface area contributed by atoms with Gasteiger partial charge in [-0.15, -0.1) is 0 Å². The zero-order valence-corrected chi connectivity index (χ0v) is 12.2. The highest BCUT2D eigenvalue weighted by Gasteiger charge is 2.30. The van der Waals surface area contributed by atoms with Gasteiger partial charge in [-0.05, 0) is 31.4 Å². The van der Waals surface area contributed by atoms with E-state index in [2.05, 4.69) is 16.0 Å². The van der Waals surface area contributed by atoms with Gasteiger partial charge in [0.2, 0.25) is 5.91 Å². The molecule has 0 radical (unpaired) electrons. The quantitative estimate of drug-likeness (QED) is 0.830. The van der Waals surface area contributed by atoms with Crippen LogP contribution >= 0.6 is 0 Å². The lowest BCUT2D eigenvalue weighted by atomic mass is 9.84. The fraction of sp³-hybridized carbons (Fsp3) is 0.562. The first kappa shape index (κ1) is 13.9. The van der Waals surface area contributed by atoms with Gasteiger partial charge in [0.15, 0.2) is 0 Å². The lowest BCUT2D eigenvalue weighted by Gasteiger charge is -2.31. The van der Waals surface area contributed by atoms with Crippen LogP contribution in [0, 0.1) is 17.2 Å². The normalized spacial score (nSPS) is 19.6. The molecule has 5 heteroatoms. The maximum absolute atomic E-state index is 12.3. The Kier molecular flexibility index (Phi) is 4.05. The van der Waals surface area contributed by atoms with E-state index in [0.29, 0.717) is 11.5 Å². The third-order valence-electron chi connectivity index (χ3n) is 4.46. The first-order chi connectivity index (χ1) is 10.3. The number of rotatable bonds is 2. The van der Waals surface area contributed by atoms with Crippen molar-refractivity contribution in [3.63, 3.8) is 0 Å². The van der Waals surface area contributed by atoms with Crippen LogP contribution < -0.4 is 4.90 Å². The van der Waals surface area contributed by atoms with E-state index in [0.717, 1.165) is 51.3 Å². The third kappa shape index (κ3) is 2.99. The molecule has 0 atom stereocenters. The maximum atomic E-state index is 12.3. The van der Waals surface area contributed by atoms with Gasteiger partial charge in [-0.2, -0.15) is 5.26 Å². The maximum Gasteiger partial charge on any atom is 0.225 e. The van der Waals surface area contributed by atoms with Crippen LogP contribution in [0.3, 0.4) is 0 Å². The summed E-state index contributed by atoms with van der Waals surface area (Å²) in [5.74, 6) is 1.52. The molecular formula is C16H20N4O. The van der Waals surface area contributed by atoms with Gasteiger partial charge in [0.1, 0.15) is 11.9 Å². The van der Waals surface area contributed by atoms with Gasteiger partial charge in [0, 0.05) is 38.3 Å². The van der Waals surface area contributed by atoms with Crippen LogP contribution in [0.25, 0.3) is 0 Å². The minimum atomic E-state index is 0.282. The number of nitriles is 1. The van der Waals surface area contributed by atoms with E-state index in [9.17, 15) is 4.79 Å². The molecule has 2 fully saturated rings. The van der Waals surface area contributed by atoms with Gasteiger partial charge >= 0.3 is 0 Å². The molecule has 0 aromatic carbocycles. The number of carbonyl (C=O) groups is 1. The smallest absolute Gasteiger partial charge is 0.225 e. The van der Waals surface area contributed by atoms with Gasteiger partial charge in [-0.3, -0.25) is 4.79 Å². The number of hydrogen-bond donors (Lipinski definition) is 0. The van der Waals surface area contributed by atoms with Crippen molar-refractivity contribution in [3.05, 3.63) is 23.9 Å². The topological polar surface area (TPSA) is 60.2 Å². The number of anilines is 1. The Morgan fingerprint density at radius 3 is 2.67 bits per heavy atom. The summed E-state index contributed by atoms with van der Waals surface area (Å²) < 4.78 is 0. The minimum absolute atomic E-state index is 0.282. The van der Waals surface area contributed by atoms with Crippen molar-refractivity contribution in [2.24, 2.45) is 5.92 Å². The van der Waals surface area contributed by atoms with Crippen molar-refractivity contribution >= 4 is 11.7 Å². The van der Waals surface area contributed by atoms with Gasteiger partial charge < -0.3 is 9.80 Å². The molecule has 0 unspecified atom stereocenters. The molecule has 3 rings (SSSR count). The predicted molar refractivity (Wildman–Crippen MR) is 79.7 cm³/mol. The molecule has 2 aliphatic rings. The Bertz CT molecular complexity index is 544. The highest BCUT2D eigenvalue weighted by molar-refractivity contribution is 5.79. The SMILES string of the molecule is N#Cc1ccc(N2CCCN(C(=O)C3CCC3)CC2)nc1. The Hall–Kier alpha value is -2.09. The average molecular weight is 284 g/mol. The summed E-state index contributed by atoms with van der Waals surface area (Å²) in [7, 11) is 0. The predicted octanol–water partition coefficient (Wildman–Crippen LogP) is 1.79. The van der Waals surface area contributed by atoms with E-state index in [-0.39, 0.29) is 5.92 Å². The Balaban J connectivity index is 1.62. The second kappa shape index (κ2) is 6.13. The summed E-state index contributed by atoms with van der Waals surface area (Å²) >= 11 is 0. The zero-order valence-electron chi connectivity index (χ0n) is 12.2. The van der Waals surface area contributed by atoms with Crippen LogP contribution in [0.5, 0.6) is 0 Å². The van der Waals surface area contributed by atoms with Crippen molar-refractivity contribution in [3.8, 4) is 6.07 Å². The van der Waals surface area contributed by atoms with Gasteiger partial charge in [-0.25, -0.2) is 4.98 Å². The van der Waals surface area contributed by atoms with E-state index in [1.165, 1.54) is 6.42 Å². The first-order valence-electron chi connectivity index (χ1n) is 7.68. The molecular weight excluding hydrogens is 264 g/mol. The molecule has 1 saturated carbocycles. The standard InChI is InChI=1S/C16H20N4O/c17-11-13-5-6-15(18-12-13)19-7-2-8-20(10-9-19)16(21)14-3-1-4-14/h5-6,12,14H,1-4,7-10H2. The molecule has 5 nitrogen and oxygen atoms in total. The summed E-state index contributed by atoms with van der Waals surface area (Å²) in [5.41, 5.74) is 0.579. The average Bonchev–Trinajstić information content (AvgIpc) is 2.71. The number of hydrogen-bond acceptors (Lipinski definition) is 4. The van der Waals surface area contributed by atoms with Crippen molar-refractivity contribution < 1.29 is 4.79 Å². The van der Waals surface area contributed by atoms with Crippen molar-refractivity contribution in [2.45, 2.75) is 25.7 Å². The van der Waals surface area contributed by atoms with Gasteiger partial charge in [0.05, 0.1) is 5.56 Å². The molecule has 0 N–H and O–H groups in total. The number of amides is 1. The van der Waals surface area contributed by atoms with Gasteiger partial charge in [0.25, 0.3) is 0 Å². The Morgan fingerprint density at radius 2 is 2.05 bits per heavy atom. The van der Waals surface area contributed by atoms with Crippen molar-refractivity contribution in [1.82, 2.24) is 9.88 Å². The van der Waals surface area contributed by atoms with Crippen LogP contribution in [0.15, 0.2) is 18.3 Å². The molecule has 1 aliphatic carbocycles. The van der Waals surface area contributed by atoms with E-state index in [1.807, 2.05) is 11.0 Å². The molecule has 110 valence electrons. The molecule has 2 heterocycles. The van der Waals surface area contributed by atoms with Crippen LogP contribution in [0.2, 0.25) is 0 Å². The molecule has 1 aliphatic heterocycles. The Labute approximate surface area is 125 Å². The molecule has 21 heavy (non-hydrogen) atoms. The largest absolute Gasteiger partial charge is 0.355 e. The molecule has 1 aromatic rings. The molecule has 1 aromatic heterocycles. The zero-order chi connectivity index (χ0) is 14.7. The van der Waals surface area contributed by atoms with E-state index in [4.69, 9.17) is 5.26 Å². The summed E-state index contributed by atoms with van der Waals surface area (Å²) in [6.07, 6.45) is 5.91. The third-order valence-corrected chi connectivity index (χ3v) is 4.46. The highest BCUT2D eigenvalue weighted by Crippen LogP contribution is 2.28. The van der Waals surface area contributed by atoms with Crippen LogP contribution in [0.1, 0.15) is 31.2 Å². The van der Waals surface area contributed by atoms with E-state index >= 15 is 0 Å². The van der Waals surface area contributed by atoms with Crippen molar-refractivity contribution in [1.29, 1.82) is 5.26 Å². The molecule has 1 amide bonds. The van der Waals surface area contributed by atoms with Crippen LogP contribution in [0.4, 0.5) is 5.82 Å². The fourth-order valence-electron chi connectivity index (χ4n) is 2.92. The van der Waals surface area contributed by atoms with E-state index < -0.39 is 0 Å². The van der Waals surface area contributed by atoms with Gasteiger partial charge in [-0.1, -0.05) is 6.42 Å². The second-order valence-electron chi connectivity index (χ2n) is 5.81. The Morgan fingerprint density at radius 1 is 1.19 bits per heavy atom. The summed E-state index contributed by atoms with van der Waals surface area (Å²) in [6.45, 7) is 3.35. The summed E-state index contributed by atoms with van der Waals surface area (Å²) in [5, 5.41) is 8.81. The lowest BCUT2D eigenvalue weighted by molar-refractivity contribution is -0.137. The molecule has 0 spiro atoms. The number of carbonyl (C=O) groups excluding carboxylic acids is 1. The number of nitrogens with zero attached hydrogens (tertiary/aromatic N) is 4. The van der Waals surface area contributed by atoms with Crippen molar-refractivity contribution in [2.75, 3.05) is 31.1 Å². The fourth-order valence-corrected chi connectivity index (χ4v) is 2.92. The minimum Gasteiger partial charge on any atom is -0.355 e. The second-order valence-corrected chi connectivity index (χ2v) is 5.81. The monoisotopic (exact) mass is 284 g/mol. The first-order valence-corrected chi connectivity index (χ1v) is 7.68. The number of aromatic nitrogens is 1. The highest BCUT2D eigenvalue weighted by atomic mass is 16.2. The van der Waals surface area contributed by atoms with Crippen LogP contribution in [-0.4, -0.2) is 42.0 Å².